The lowest BCUT2D eigenvalue weighted by Gasteiger charge is -2.35. The van der Waals surface area contributed by atoms with E-state index < -0.39 is 0 Å². The van der Waals surface area contributed by atoms with E-state index in [2.05, 4.69) is 47.6 Å². The highest BCUT2D eigenvalue weighted by molar-refractivity contribution is 5.88. The molecule has 1 rings (SSSR count). The molecule has 1 aliphatic carbocycles. The van der Waals surface area contributed by atoms with Crippen molar-refractivity contribution in [3.05, 3.63) is 23.8 Å². The summed E-state index contributed by atoms with van der Waals surface area (Å²) in [7, 11) is 0. The molecule has 0 aliphatic heterocycles. The summed E-state index contributed by atoms with van der Waals surface area (Å²) < 4.78 is 0. The third kappa shape index (κ3) is 5.33. The first-order valence-electron chi connectivity index (χ1n) is 8.18. The summed E-state index contributed by atoms with van der Waals surface area (Å²) in [5.74, 6) is 0.792. The molecule has 0 heterocycles. The number of hydrogen-bond donors (Lipinski definition) is 0. The van der Waals surface area contributed by atoms with Gasteiger partial charge in [-0.3, -0.25) is 4.79 Å². The van der Waals surface area contributed by atoms with Gasteiger partial charge in [-0.05, 0) is 78.2 Å². The van der Waals surface area contributed by atoms with Crippen molar-refractivity contribution in [3.8, 4) is 0 Å². The third-order valence-corrected chi connectivity index (χ3v) is 4.59. The summed E-state index contributed by atoms with van der Waals surface area (Å²) in [4.78, 5) is 14.3. The van der Waals surface area contributed by atoms with E-state index in [4.69, 9.17) is 0 Å². The number of carbonyl (C=O) groups is 1. The Bertz CT molecular complexity index is 423. The Labute approximate surface area is 131 Å². The first-order chi connectivity index (χ1) is 9.60. The lowest BCUT2D eigenvalue weighted by atomic mass is 9.97. The van der Waals surface area contributed by atoms with Gasteiger partial charge in [0.25, 0.3) is 0 Å². The fourth-order valence-corrected chi connectivity index (χ4v) is 2.93. The average molecular weight is 291 g/mol. The number of nitrogens with zero attached hydrogens (tertiary/aromatic N) is 1. The van der Waals surface area contributed by atoms with E-state index in [-0.39, 0.29) is 11.4 Å². The molecule has 1 aliphatic rings. The minimum absolute atomic E-state index is 0.111. The van der Waals surface area contributed by atoms with Crippen molar-refractivity contribution in [2.45, 2.75) is 73.3 Å². The van der Waals surface area contributed by atoms with Gasteiger partial charge in [0.05, 0.1) is 0 Å². The van der Waals surface area contributed by atoms with Crippen LogP contribution in [0.5, 0.6) is 0 Å². The van der Waals surface area contributed by atoms with Crippen LogP contribution in [0.1, 0.15) is 67.7 Å². The third-order valence-electron chi connectivity index (χ3n) is 4.59. The molecule has 0 aromatic heterocycles. The Kier molecular flexibility index (Phi) is 5.83. The summed E-state index contributed by atoms with van der Waals surface area (Å²) >= 11 is 0. The van der Waals surface area contributed by atoms with Crippen molar-refractivity contribution < 1.29 is 4.79 Å². The smallest absolute Gasteiger partial charge is 0.246 e. The van der Waals surface area contributed by atoms with Crippen LogP contribution in [0.3, 0.4) is 0 Å². The summed E-state index contributed by atoms with van der Waals surface area (Å²) in [6.07, 6.45) is 9.49. The van der Waals surface area contributed by atoms with Crippen molar-refractivity contribution in [3.63, 3.8) is 0 Å². The van der Waals surface area contributed by atoms with Crippen LogP contribution in [-0.2, 0) is 4.79 Å². The lowest BCUT2D eigenvalue weighted by Crippen LogP contribution is -2.46. The van der Waals surface area contributed by atoms with Gasteiger partial charge >= 0.3 is 0 Å². The Morgan fingerprint density at radius 1 is 1.33 bits per heavy atom. The second kappa shape index (κ2) is 6.81. The van der Waals surface area contributed by atoms with E-state index in [1.807, 2.05) is 17.9 Å². The molecular formula is C19H33NO. The lowest BCUT2D eigenvalue weighted by molar-refractivity contribution is -0.131. The average Bonchev–Trinajstić information content (AvgIpc) is 2.95. The van der Waals surface area contributed by atoms with Crippen molar-refractivity contribution in [1.29, 1.82) is 0 Å². The first kappa shape index (κ1) is 18.0. The van der Waals surface area contributed by atoms with E-state index >= 15 is 0 Å². The van der Waals surface area contributed by atoms with E-state index in [1.165, 1.54) is 18.4 Å². The highest BCUT2D eigenvalue weighted by Gasteiger charge is 2.50. The Hall–Kier alpha value is -1.05. The molecule has 0 aromatic carbocycles. The van der Waals surface area contributed by atoms with Gasteiger partial charge in [-0.1, -0.05) is 24.6 Å². The highest BCUT2D eigenvalue weighted by atomic mass is 16.2. The van der Waals surface area contributed by atoms with Gasteiger partial charge < -0.3 is 4.90 Å². The topological polar surface area (TPSA) is 20.3 Å². The maximum absolute atomic E-state index is 12.3. The van der Waals surface area contributed by atoms with Gasteiger partial charge in [-0.15, -0.1) is 0 Å². The van der Waals surface area contributed by atoms with Crippen LogP contribution in [0.25, 0.3) is 0 Å². The maximum Gasteiger partial charge on any atom is 0.246 e. The predicted octanol–water partition coefficient (Wildman–Crippen LogP) is 4.96. The molecule has 0 spiro atoms. The zero-order valence-electron chi connectivity index (χ0n) is 15.0. The number of hydrogen-bond acceptors (Lipinski definition) is 1. The predicted molar refractivity (Wildman–Crippen MR) is 91.2 cm³/mol. The second-order valence-electron chi connectivity index (χ2n) is 7.99. The fraction of sp³-hybridized carbons (Fsp3) is 0.737. The molecule has 2 atom stereocenters. The molecule has 2 unspecified atom stereocenters. The fourth-order valence-electron chi connectivity index (χ4n) is 2.93. The molecule has 120 valence electrons. The molecule has 0 N–H and O–H groups in total. The van der Waals surface area contributed by atoms with Crippen molar-refractivity contribution >= 4 is 5.91 Å². The zero-order chi connectivity index (χ0) is 16.3. The molecule has 0 aromatic rings. The van der Waals surface area contributed by atoms with Gasteiger partial charge in [0.15, 0.2) is 0 Å². The molecule has 1 saturated carbocycles. The van der Waals surface area contributed by atoms with Crippen LogP contribution in [0.2, 0.25) is 0 Å². The van der Waals surface area contributed by atoms with Gasteiger partial charge in [0.1, 0.15) is 0 Å². The van der Waals surface area contributed by atoms with E-state index in [9.17, 15) is 4.79 Å². The number of rotatable bonds is 6. The monoisotopic (exact) mass is 291 g/mol. The Balaban J connectivity index is 2.62. The van der Waals surface area contributed by atoms with Crippen LogP contribution in [-0.4, -0.2) is 22.9 Å². The van der Waals surface area contributed by atoms with Crippen LogP contribution in [0, 0.1) is 11.3 Å². The van der Waals surface area contributed by atoms with Gasteiger partial charge in [0.2, 0.25) is 5.91 Å². The van der Waals surface area contributed by atoms with Crippen LogP contribution >= 0.6 is 0 Å². The van der Waals surface area contributed by atoms with Crippen molar-refractivity contribution in [2.75, 3.05) is 6.54 Å². The SMILES string of the molecule is C/C=C/C(=O)N(CC1CC1(C)CCC=C(C)C)C(C)(C)C. The molecule has 0 radical (unpaired) electrons. The van der Waals surface area contributed by atoms with E-state index in [0.717, 1.165) is 13.0 Å². The standard InChI is InChI=1S/C19H33NO/c1-8-10-17(21)20(18(4,5)6)14-16-13-19(16,7)12-9-11-15(2)3/h8,10-11,16H,9,12-14H2,1-7H3/b10-8+. The number of amides is 1. The van der Waals surface area contributed by atoms with Gasteiger partial charge in [-0.2, -0.15) is 0 Å². The van der Waals surface area contributed by atoms with Crippen LogP contribution in [0.15, 0.2) is 23.8 Å². The minimum atomic E-state index is -0.111. The molecular weight excluding hydrogens is 258 g/mol. The summed E-state index contributed by atoms with van der Waals surface area (Å²) in [6, 6.07) is 0. The quantitative estimate of drug-likeness (QED) is 0.500. The summed E-state index contributed by atoms with van der Waals surface area (Å²) in [6.45, 7) is 15.8. The molecule has 1 amide bonds. The molecule has 0 saturated heterocycles. The molecule has 2 nitrogen and oxygen atoms in total. The molecule has 1 fully saturated rings. The van der Waals surface area contributed by atoms with Gasteiger partial charge in [-0.25, -0.2) is 0 Å². The van der Waals surface area contributed by atoms with Crippen LogP contribution < -0.4 is 0 Å². The maximum atomic E-state index is 12.3. The van der Waals surface area contributed by atoms with Gasteiger partial charge in [0, 0.05) is 12.1 Å². The molecule has 0 bridgehead atoms. The molecule has 2 heteroatoms. The second-order valence-corrected chi connectivity index (χ2v) is 7.99. The van der Waals surface area contributed by atoms with E-state index in [1.54, 1.807) is 6.08 Å². The number of allylic oxidation sites excluding steroid dienone is 3. The summed E-state index contributed by atoms with van der Waals surface area (Å²) in [5.41, 5.74) is 1.71. The van der Waals surface area contributed by atoms with Crippen molar-refractivity contribution in [1.82, 2.24) is 4.90 Å². The minimum Gasteiger partial charge on any atom is -0.334 e. The van der Waals surface area contributed by atoms with Crippen LogP contribution in [0.4, 0.5) is 0 Å². The Morgan fingerprint density at radius 3 is 2.43 bits per heavy atom. The largest absolute Gasteiger partial charge is 0.334 e. The molecule has 21 heavy (non-hydrogen) atoms. The summed E-state index contributed by atoms with van der Waals surface area (Å²) in [5, 5.41) is 0. The highest BCUT2D eigenvalue weighted by Crippen LogP contribution is 2.56. The first-order valence-corrected chi connectivity index (χ1v) is 8.18. The normalized spacial score (nSPS) is 25.0. The Morgan fingerprint density at radius 2 is 1.95 bits per heavy atom. The number of carbonyl (C=O) groups excluding carboxylic acids is 1. The van der Waals surface area contributed by atoms with Crippen molar-refractivity contribution in [2.24, 2.45) is 11.3 Å². The van der Waals surface area contributed by atoms with E-state index in [0.29, 0.717) is 11.3 Å². The zero-order valence-corrected chi connectivity index (χ0v) is 15.0.